The van der Waals surface area contributed by atoms with Gasteiger partial charge in [0, 0.05) is 17.7 Å². The Morgan fingerprint density at radius 1 is 1.13 bits per heavy atom. The summed E-state index contributed by atoms with van der Waals surface area (Å²) in [6.45, 7) is 0.726. The van der Waals surface area contributed by atoms with E-state index < -0.39 is 0 Å². The van der Waals surface area contributed by atoms with Gasteiger partial charge in [-0.1, -0.05) is 18.2 Å². The van der Waals surface area contributed by atoms with Gasteiger partial charge >= 0.3 is 0 Å². The fourth-order valence-corrected chi connectivity index (χ4v) is 3.35. The summed E-state index contributed by atoms with van der Waals surface area (Å²) in [5.74, 6) is 2.55. The number of aromatic nitrogens is 3. The predicted octanol–water partition coefficient (Wildman–Crippen LogP) is 3.77. The highest BCUT2D eigenvalue weighted by atomic mass is 16.5. The van der Waals surface area contributed by atoms with Crippen LogP contribution in [0.2, 0.25) is 0 Å². The Bertz CT molecular complexity index is 868. The third-order valence-corrected chi connectivity index (χ3v) is 4.73. The zero-order valence-corrected chi connectivity index (χ0v) is 12.7. The van der Waals surface area contributed by atoms with Crippen molar-refractivity contribution in [2.24, 2.45) is 0 Å². The number of aromatic amines is 1. The van der Waals surface area contributed by atoms with E-state index in [2.05, 4.69) is 38.5 Å². The lowest BCUT2D eigenvalue weighted by Gasteiger charge is -2.27. The van der Waals surface area contributed by atoms with Gasteiger partial charge in [0.1, 0.15) is 23.5 Å². The lowest BCUT2D eigenvalue weighted by molar-refractivity contribution is 0.274. The van der Waals surface area contributed by atoms with E-state index in [-0.39, 0.29) is 6.04 Å². The van der Waals surface area contributed by atoms with Gasteiger partial charge in [-0.25, -0.2) is 9.97 Å². The summed E-state index contributed by atoms with van der Waals surface area (Å²) in [7, 11) is 0. The van der Waals surface area contributed by atoms with Gasteiger partial charge in [-0.15, -0.1) is 0 Å². The molecule has 23 heavy (non-hydrogen) atoms. The van der Waals surface area contributed by atoms with Crippen LogP contribution in [0.1, 0.15) is 42.5 Å². The number of anilines is 1. The van der Waals surface area contributed by atoms with Gasteiger partial charge in [-0.2, -0.15) is 0 Å². The third-order valence-electron chi connectivity index (χ3n) is 4.73. The molecule has 5 heteroatoms. The molecule has 0 unspecified atom stereocenters. The van der Waals surface area contributed by atoms with Crippen molar-refractivity contribution in [2.75, 3.05) is 11.9 Å². The molecule has 116 valence electrons. The SMILES string of the molecule is c1ccc2c(c1)OCC[C@H]2Nc1ncnc2[nH]c(C3CC3)cc12. The number of ether oxygens (including phenoxy) is 1. The molecule has 2 N–H and O–H groups in total. The average molecular weight is 306 g/mol. The van der Waals surface area contributed by atoms with Crippen molar-refractivity contribution in [1.29, 1.82) is 0 Å². The fraction of sp³-hybridized carbons (Fsp3) is 0.333. The molecule has 2 aromatic heterocycles. The minimum Gasteiger partial charge on any atom is -0.493 e. The molecular weight excluding hydrogens is 288 g/mol. The molecular formula is C18H18N4O. The summed E-state index contributed by atoms with van der Waals surface area (Å²) < 4.78 is 5.74. The highest BCUT2D eigenvalue weighted by Crippen LogP contribution is 2.41. The number of nitrogens with zero attached hydrogens (tertiary/aromatic N) is 2. The fourth-order valence-electron chi connectivity index (χ4n) is 3.35. The molecule has 1 fully saturated rings. The molecule has 1 aromatic carbocycles. The van der Waals surface area contributed by atoms with E-state index in [0.717, 1.165) is 35.6 Å². The van der Waals surface area contributed by atoms with Gasteiger partial charge in [0.25, 0.3) is 0 Å². The molecule has 3 aromatic rings. The quantitative estimate of drug-likeness (QED) is 0.773. The van der Waals surface area contributed by atoms with E-state index in [0.29, 0.717) is 5.92 Å². The van der Waals surface area contributed by atoms with Crippen molar-refractivity contribution >= 4 is 16.9 Å². The first kappa shape index (κ1) is 12.9. The van der Waals surface area contributed by atoms with E-state index in [1.807, 2.05) is 12.1 Å². The molecule has 3 heterocycles. The second kappa shape index (κ2) is 4.98. The van der Waals surface area contributed by atoms with E-state index in [1.165, 1.54) is 24.1 Å². The summed E-state index contributed by atoms with van der Waals surface area (Å²) in [6, 6.07) is 10.6. The summed E-state index contributed by atoms with van der Waals surface area (Å²) in [5.41, 5.74) is 3.41. The molecule has 0 spiro atoms. The number of H-pyrrole nitrogens is 1. The monoisotopic (exact) mass is 306 g/mol. The maximum absolute atomic E-state index is 5.74. The van der Waals surface area contributed by atoms with Crippen molar-refractivity contribution in [3.63, 3.8) is 0 Å². The smallest absolute Gasteiger partial charge is 0.143 e. The molecule has 2 aliphatic rings. The minimum atomic E-state index is 0.220. The van der Waals surface area contributed by atoms with Crippen LogP contribution in [0.4, 0.5) is 5.82 Å². The average Bonchev–Trinajstić information content (AvgIpc) is 3.34. The first-order valence-electron chi connectivity index (χ1n) is 8.20. The van der Waals surface area contributed by atoms with E-state index >= 15 is 0 Å². The zero-order valence-electron chi connectivity index (χ0n) is 12.7. The Balaban J connectivity index is 1.52. The molecule has 0 radical (unpaired) electrons. The van der Waals surface area contributed by atoms with Crippen LogP contribution >= 0.6 is 0 Å². The molecule has 0 bridgehead atoms. The van der Waals surface area contributed by atoms with Gasteiger partial charge < -0.3 is 15.0 Å². The highest BCUT2D eigenvalue weighted by molar-refractivity contribution is 5.88. The van der Waals surface area contributed by atoms with Crippen LogP contribution in [0.25, 0.3) is 11.0 Å². The largest absolute Gasteiger partial charge is 0.493 e. The van der Waals surface area contributed by atoms with Crippen molar-refractivity contribution in [3.05, 3.63) is 47.9 Å². The molecule has 5 rings (SSSR count). The van der Waals surface area contributed by atoms with Crippen molar-refractivity contribution in [2.45, 2.75) is 31.2 Å². The Hall–Kier alpha value is -2.56. The maximum atomic E-state index is 5.74. The van der Waals surface area contributed by atoms with Gasteiger partial charge in [-0.3, -0.25) is 0 Å². The van der Waals surface area contributed by atoms with Crippen LogP contribution in [-0.4, -0.2) is 21.6 Å². The van der Waals surface area contributed by atoms with Gasteiger partial charge in [0.2, 0.25) is 0 Å². The number of para-hydroxylation sites is 1. The number of rotatable bonds is 3. The number of nitrogens with one attached hydrogen (secondary N) is 2. The number of hydrogen-bond donors (Lipinski definition) is 2. The predicted molar refractivity (Wildman–Crippen MR) is 88.8 cm³/mol. The Morgan fingerprint density at radius 3 is 2.96 bits per heavy atom. The van der Waals surface area contributed by atoms with Crippen molar-refractivity contribution < 1.29 is 4.74 Å². The van der Waals surface area contributed by atoms with Crippen LogP contribution in [0.3, 0.4) is 0 Å². The van der Waals surface area contributed by atoms with Crippen LogP contribution in [0.15, 0.2) is 36.7 Å². The topological polar surface area (TPSA) is 62.8 Å². The first-order chi connectivity index (χ1) is 11.4. The molecule has 5 nitrogen and oxygen atoms in total. The maximum Gasteiger partial charge on any atom is 0.143 e. The molecule has 1 aliphatic heterocycles. The summed E-state index contributed by atoms with van der Waals surface area (Å²) in [4.78, 5) is 12.3. The molecule has 1 saturated carbocycles. The van der Waals surface area contributed by atoms with E-state index in [1.54, 1.807) is 6.33 Å². The standard InChI is InChI=1S/C18H18N4O/c1-2-4-16-12(3-1)14(7-8-23-16)21-17-13-9-15(11-5-6-11)22-18(13)20-10-19-17/h1-4,9-11,14H,5-8H2,(H2,19,20,21,22)/t14-/m1/s1. The third kappa shape index (κ3) is 2.23. The minimum absolute atomic E-state index is 0.220. The summed E-state index contributed by atoms with van der Waals surface area (Å²) >= 11 is 0. The molecule has 0 saturated heterocycles. The van der Waals surface area contributed by atoms with E-state index in [9.17, 15) is 0 Å². The second-order valence-corrected chi connectivity index (χ2v) is 6.36. The highest BCUT2D eigenvalue weighted by Gasteiger charge is 2.27. The summed E-state index contributed by atoms with van der Waals surface area (Å²) in [5, 5.41) is 4.68. The lowest BCUT2D eigenvalue weighted by atomic mass is 10.0. The number of fused-ring (bicyclic) bond motifs is 2. The first-order valence-corrected chi connectivity index (χ1v) is 8.20. The van der Waals surface area contributed by atoms with Crippen LogP contribution in [0.5, 0.6) is 5.75 Å². The zero-order chi connectivity index (χ0) is 15.2. The van der Waals surface area contributed by atoms with Crippen LogP contribution in [-0.2, 0) is 0 Å². The van der Waals surface area contributed by atoms with Gasteiger partial charge in [0.15, 0.2) is 0 Å². The number of benzene rings is 1. The lowest BCUT2D eigenvalue weighted by Crippen LogP contribution is -2.20. The molecule has 1 atom stereocenters. The van der Waals surface area contributed by atoms with Crippen molar-refractivity contribution in [3.8, 4) is 5.75 Å². The van der Waals surface area contributed by atoms with Crippen molar-refractivity contribution in [1.82, 2.24) is 15.0 Å². The Labute approximate surface area is 134 Å². The molecule has 0 amide bonds. The Morgan fingerprint density at radius 2 is 2.04 bits per heavy atom. The summed E-state index contributed by atoms with van der Waals surface area (Å²) in [6.07, 6.45) is 5.11. The normalized spacial score (nSPS) is 20.1. The van der Waals surface area contributed by atoms with Gasteiger partial charge in [0.05, 0.1) is 18.0 Å². The Kier molecular flexibility index (Phi) is 2.80. The van der Waals surface area contributed by atoms with E-state index in [4.69, 9.17) is 4.74 Å². The second-order valence-electron chi connectivity index (χ2n) is 6.36. The van der Waals surface area contributed by atoms with Gasteiger partial charge in [-0.05, 0) is 30.9 Å². The number of hydrogen-bond acceptors (Lipinski definition) is 4. The van der Waals surface area contributed by atoms with Crippen LogP contribution < -0.4 is 10.1 Å². The molecule has 1 aliphatic carbocycles. The van der Waals surface area contributed by atoms with Crippen LogP contribution in [0, 0.1) is 0 Å².